The summed E-state index contributed by atoms with van der Waals surface area (Å²) in [6.45, 7) is 7.23. The molecule has 1 N–H and O–H groups in total. The topological polar surface area (TPSA) is 100.0 Å². The SMILES string of the molecule is C=C1COC(Cn2cc(-c3cnc4ccc(Oc5ccc6nc(C)[nH]c6c5)c(Cl)c4n3)cn2)OC1. The van der Waals surface area contributed by atoms with E-state index in [0.29, 0.717) is 53.0 Å². The van der Waals surface area contributed by atoms with E-state index in [1.165, 1.54) is 0 Å². The van der Waals surface area contributed by atoms with E-state index >= 15 is 0 Å². The van der Waals surface area contributed by atoms with E-state index in [1.54, 1.807) is 23.1 Å². The number of nitrogens with zero attached hydrogens (tertiary/aromatic N) is 5. The first-order valence-electron chi connectivity index (χ1n) is 11.0. The van der Waals surface area contributed by atoms with Gasteiger partial charge in [0.05, 0.1) is 54.4 Å². The van der Waals surface area contributed by atoms with Crippen LogP contribution in [0.4, 0.5) is 0 Å². The molecule has 176 valence electrons. The Morgan fingerprint density at radius 2 is 1.97 bits per heavy atom. The van der Waals surface area contributed by atoms with Gasteiger partial charge in [-0.15, -0.1) is 0 Å². The van der Waals surface area contributed by atoms with Crippen molar-refractivity contribution < 1.29 is 14.2 Å². The fourth-order valence-electron chi connectivity index (χ4n) is 3.92. The van der Waals surface area contributed by atoms with E-state index in [1.807, 2.05) is 37.4 Å². The summed E-state index contributed by atoms with van der Waals surface area (Å²) in [6, 6.07) is 9.27. The molecule has 3 aromatic heterocycles. The Morgan fingerprint density at radius 3 is 2.83 bits per heavy atom. The number of aryl methyl sites for hydroxylation is 1. The van der Waals surface area contributed by atoms with Gasteiger partial charge in [0.15, 0.2) is 6.29 Å². The molecule has 1 aliphatic heterocycles. The number of benzene rings is 2. The number of nitrogens with one attached hydrogen (secondary N) is 1. The van der Waals surface area contributed by atoms with Crippen LogP contribution in [0.2, 0.25) is 5.02 Å². The molecule has 0 atom stereocenters. The van der Waals surface area contributed by atoms with Crippen LogP contribution in [0.25, 0.3) is 33.3 Å². The summed E-state index contributed by atoms with van der Waals surface area (Å²) in [6.07, 6.45) is 4.94. The second-order valence-corrected chi connectivity index (χ2v) is 8.73. The number of aromatic amines is 1. The number of H-pyrrole nitrogens is 1. The number of rotatable bonds is 5. The van der Waals surface area contributed by atoms with Crippen LogP contribution in [0.1, 0.15) is 5.82 Å². The van der Waals surface area contributed by atoms with Gasteiger partial charge >= 0.3 is 0 Å². The Morgan fingerprint density at radius 1 is 1.14 bits per heavy atom. The highest BCUT2D eigenvalue weighted by molar-refractivity contribution is 6.36. The number of hydrogen-bond donors (Lipinski definition) is 1. The first-order valence-corrected chi connectivity index (χ1v) is 11.4. The van der Waals surface area contributed by atoms with Crippen molar-refractivity contribution in [2.75, 3.05) is 13.2 Å². The second kappa shape index (κ2) is 8.77. The minimum absolute atomic E-state index is 0.366. The molecule has 0 radical (unpaired) electrons. The Balaban J connectivity index is 1.26. The number of fused-ring (bicyclic) bond motifs is 2. The van der Waals surface area contributed by atoms with Crippen LogP contribution < -0.4 is 4.74 Å². The minimum atomic E-state index is -0.366. The Kier molecular flexibility index (Phi) is 5.44. The number of imidazole rings is 1. The third kappa shape index (κ3) is 4.37. The van der Waals surface area contributed by atoms with Gasteiger partial charge in [0, 0.05) is 17.8 Å². The monoisotopic (exact) mass is 488 g/mol. The molecule has 9 nitrogen and oxygen atoms in total. The van der Waals surface area contributed by atoms with Crippen LogP contribution in [0.15, 0.2) is 61.1 Å². The van der Waals surface area contributed by atoms with Crippen LogP contribution in [0.3, 0.4) is 0 Å². The number of halogens is 1. The van der Waals surface area contributed by atoms with Gasteiger partial charge in [-0.2, -0.15) is 5.10 Å². The summed E-state index contributed by atoms with van der Waals surface area (Å²) in [5.41, 5.74) is 5.37. The number of aromatic nitrogens is 6. The predicted octanol–water partition coefficient (Wildman–Crippen LogP) is 5.05. The highest BCUT2D eigenvalue weighted by Gasteiger charge is 2.18. The molecule has 4 heterocycles. The molecule has 1 fully saturated rings. The molecule has 1 saturated heterocycles. The van der Waals surface area contributed by atoms with Crippen molar-refractivity contribution in [3.05, 3.63) is 71.9 Å². The third-order valence-corrected chi connectivity index (χ3v) is 5.99. The maximum Gasteiger partial charge on any atom is 0.177 e. The van der Waals surface area contributed by atoms with E-state index in [0.717, 1.165) is 28.0 Å². The summed E-state index contributed by atoms with van der Waals surface area (Å²) in [7, 11) is 0. The minimum Gasteiger partial charge on any atom is -0.456 e. The summed E-state index contributed by atoms with van der Waals surface area (Å²) in [5.74, 6) is 1.98. The molecular formula is C25H21ClN6O3. The van der Waals surface area contributed by atoms with Crippen LogP contribution in [-0.4, -0.2) is 49.2 Å². The molecule has 0 bridgehead atoms. The highest BCUT2D eigenvalue weighted by atomic mass is 35.5. The van der Waals surface area contributed by atoms with Gasteiger partial charge in [0.1, 0.15) is 27.9 Å². The highest BCUT2D eigenvalue weighted by Crippen LogP contribution is 2.35. The molecular weight excluding hydrogens is 468 g/mol. The molecule has 0 saturated carbocycles. The lowest BCUT2D eigenvalue weighted by Gasteiger charge is -2.24. The van der Waals surface area contributed by atoms with Crippen molar-refractivity contribution in [1.29, 1.82) is 0 Å². The summed E-state index contributed by atoms with van der Waals surface area (Å²) >= 11 is 6.71. The van der Waals surface area contributed by atoms with Crippen LogP contribution in [0, 0.1) is 6.92 Å². The zero-order chi connectivity index (χ0) is 23.9. The fourth-order valence-corrected chi connectivity index (χ4v) is 4.16. The molecule has 0 aliphatic carbocycles. The van der Waals surface area contributed by atoms with Gasteiger partial charge in [0.2, 0.25) is 0 Å². The molecule has 6 rings (SSSR count). The van der Waals surface area contributed by atoms with Gasteiger partial charge in [-0.25, -0.2) is 9.97 Å². The second-order valence-electron chi connectivity index (χ2n) is 8.36. The number of ether oxygens (including phenoxy) is 3. The van der Waals surface area contributed by atoms with Gasteiger partial charge in [-0.05, 0) is 36.8 Å². The van der Waals surface area contributed by atoms with Crippen molar-refractivity contribution in [2.24, 2.45) is 0 Å². The lowest BCUT2D eigenvalue weighted by Crippen LogP contribution is -2.30. The molecule has 0 spiro atoms. The smallest absolute Gasteiger partial charge is 0.177 e. The summed E-state index contributed by atoms with van der Waals surface area (Å²) in [5, 5.41) is 4.79. The maximum absolute atomic E-state index is 6.71. The van der Waals surface area contributed by atoms with Gasteiger partial charge in [-0.1, -0.05) is 18.2 Å². The van der Waals surface area contributed by atoms with Crippen LogP contribution >= 0.6 is 11.6 Å². The van der Waals surface area contributed by atoms with E-state index < -0.39 is 0 Å². The standard InChI is InChI=1S/C25H21ClN6O3/c1-14-12-33-23(34-13-14)11-32-10-16(8-28-32)21-9-27-19-5-6-22(24(26)25(19)31-21)35-17-3-4-18-20(7-17)30-15(2)29-18/h3-10,23H,1,11-13H2,2H3,(H,29,30). The predicted molar refractivity (Wildman–Crippen MR) is 132 cm³/mol. The Bertz CT molecular complexity index is 1570. The molecule has 0 unspecified atom stereocenters. The molecule has 0 amide bonds. The lowest BCUT2D eigenvalue weighted by molar-refractivity contribution is -0.164. The first kappa shape index (κ1) is 21.7. The molecule has 2 aromatic carbocycles. The average Bonchev–Trinajstić information content (AvgIpc) is 3.47. The Labute approximate surface area is 205 Å². The van der Waals surface area contributed by atoms with Crippen molar-refractivity contribution >= 4 is 33.7 Å². The summed E-state index contributed by atoms with van der Waals surface area (Å²) in [4.78, 5) is 16.9. The van der Waals surface area contributed by atoms with Crippen LogP contribution in [0.5, 0.6) is 11.5 Å². The zero-order valence-corrected chi connectivity index (χ0v) is 19.6. The fraction of sp³-hybridized carbons (Fsp3) is 0.200. The lowest BCUT2D eigenvalue weighted by atomic mass is 10.2. The van der Waals surface area contributed by atoms with Gasteiger partial charge in [-0.3, -0.25) is 9.67 Å². The van der Waals surface area contributed by atoms with Crippen LogP contribution in [-0.2, 0) is 16.0 Å². The van der Waals surface area contributed by atoms with E-state index in [2.05, 4.69) is 26.6 Å². The van der Waals surface area contributed by atoms with Gasteiger partial charge in [0.25, 0.3) is 0 Å². The van der Waals surface area contributed by atoms with Crippen molar-refractivity contribution in [3.63, 3.8) is 0 Å². The van der Waals surface area contributed by atoms with Crippen molar-refractivity contribution in [1.82, 2.24) is 29.7 Å². The molecule has 5 aromatic rings. The number of hydrogen-bond acceptors (Lipinski definition) is 7. The molecule has 1 aliphatic rings. The van der Waals surface area contributed by atoms with E-state index in [4.69, 9.17) is 30.8 Å². The zero-order valence-electron chi connectivity index (χ0n) is 18.9. The Hall–Kier alpha value is -3.79. The third-order valence-electron chi connectivity index (χ3n) is 5.63. The molecule has 10 heteroatoms. The van der Waals surface area contributed by atoms with Crippen molar-refractivity contribution in [2.45, 2.75) is 19.8 Å². The first-order chi connectivity index (χ1) is 17.0. The van der Waals surface area contributed by atoms with Crippen molar-refractivity contribution in [3.8, 4) is 22.8 Å². The average molecular weight is 489 g/mol. The maximum atomic E-state index is 6.71. The van der Waals surface area contributed by atoms with E-state index in [9.17, 15) is 0 Å². The quantitative estimate of drug-likeness (QED) is 0.345. The normalized spacial score (nSPS) is 14.7. The summed E-state index contributed by atoms with van der Waals surface area (Å²) < 4.78 is 19.1. The van der Waals surface area contributed by atoms with Gasteiger partial charge < -0.3 is 19.2 Å². The largest absolute Gasteiger partial charge is 0.456 e. The van der Waals surface area contributed by atoms with E-state index in [-0.39, 0.29) is 6.29 Å². The molecule has 35 heavy (non-hydrogen) atoms.